The number of aryl methyl sites for hydroxylation is 1. The maximum atomic E-state index is 12.3. The number of ketones is 1. The molecule has 0 amide bonds. The van der Waals surface area contributed by atoms with Crippen LogP contribution >= 0.6 is 27.3 Å². The fraction of sp³-hybridized carbons (Fsp3) is 0.0714. The third-order valence-corrected chi connectivity index (χ3v) is 4.07. The maximum absolute atomic E-state index is 12.3. The van der Waals surface area contributed by atoms with Gasteiger partial charge in [0.25, 0.3) is 0 Å². The molecule has 0 fully saturated rings. The molecule has 3 aromatic rings. The Hall–Kier alpha value is -1.39. The monoisotopic (exact) mass is 320 g/mol. The summed E-state index contributed by atoms with van der Waals surface area (Å²) < 4.78 is 6.63. The number of fused-ring (bicyclic) bond motifs is 1. The second-order valence-corrected chi connectivity index (χ2v) is 5.73. The van der Waals surface area contributed by atoms with Crippen LogP contribution in [0.25, 0.3) is 11.0 Å². The molecule has 1 aromatic carbocycles. The number of hydrogen-bond acceptors (Lipinski definition) is 3. The van der Waals surface area contributed by atoms with Crippen molar-refractivity contribution in [3.8, 4) is 0 Å². The Kier molecular flexibility index (Phi) is 2.84. The van der Waals surface area contributed by atoms with Gasteiger partial charge in [0.05, 0.1) is 0 Å². The number of rotatable bonds is 2. The first kappa shape index (κ1) is 11.7. The lowest BCUT2D eigenvalue weighted by Crippen LogP contribution is -1.99. The first-order chi connectivity index (χ1) is 8.66. The molecule has 0 bridgehead atoms. The van der Waals surface area contributed by atoms with Crippen molar-refractivity contribution in [1.82, 2.24) is 0 Å². The van der Waals surface area contributed by atoms with Gasteiger partial charge < -0.3 is 4.42 Å². The molecule has 0 spiro atoms. The van der Waals surface area contributed by atoms with Crippen LogP contribution in [0.5, 0.6) is 0 Å². The highest BCUT2D eigenvalue weighted by molar-refractivity contribution is 9.10. The first-order valence-electron chi connectivity index (χ1n) is 5.42. The van der Waals surface area contributed by atoms with Gasteiger partial charge in [-0.3, -0.25) is 4.79 Å². The quantitative estimate of drug-likeness (QED) is 0.635. The van der Waals surface area contributed by atoms with E-state index < -0.39 is 0 Å². The van der Waals surface area contributed by atoms with Crippen LogP contribution in [0, 0.1) is 6.92 Å². The molecule has 90 valence electrons. The summed E-state index contributed by atoms with van der Waals surface area (Å²) in [7, 11) is 0. The number of carbonyl (C=O) groups is 1. The fourth-order valence-corrected chi connectivity index (χ4v) is 2.92. The minimum absolute atomic E-state index is 0.0546. The van der Waals surface area contributed by atoms with Crippen LogP contribution in [0.3, 0.4) is 0 Å². The fourth-order valence-electron chi connectivity index (χ4n) is 1.94. The van der Waals surface area contributed by atoms with Gasteiger partial charge in [0, 0.05) is 26.4 Å². The van der Waals surface area contributed by atoms with E-state index in [1.807, 2.05) is 41.9 Å². The third-order valence-electron chi connectivity index (χ3n) is 2.89. The van der Waals surface area contributed by atoms with Crippen LogP contribution in [0.2, 0.25) is 0 Å². The van der Waals surface area contributed by atoms with Crippen LogP contribution in [-0.2, 0) is 0 Å². The normalized spacial score (nSPS) is 11.0. The van der Waals surface area contributed by atoms with Crippen LogP contribution in [-0.4, -0.2) is 5.78 Å². The van der Waals surface area contributed by atoms with Crippen LogP contribution in [0.4, 0.5) is 0 Å². The molecule has 0 radical (unpaired) electrons. The number of furan rings is 1. The lowest BCUT2D eigenvalue weighted by Gasteiger charge is -1.94. The highest BCUT2D eigenvalue weighted by Crippen LogP contribution is 2.29. The SMILES string of the molecule is Cc1c(C(=O)c2ccsc2)oc2cc(Br)ccc12. The summed E-state index contributed by atoms with van der Waals surface area (Å²) in [5.41, 5.74) is 2.32. The molecule has 0 aliphatic heterocycles. The first-order valence-corrected chi connectivity index (χ1v) is 7.16. The topological polar surface area (TPSA) is 30.2 Å². The standard InChI is InChI=1S/C14H9BrO2S/c1-8-11-3-2-10(15)6-12(11)17-14(8)13(16)9-4-5-18-7-9/h2-7H,1H3. The zero-order valence-electron chi connectivity index (χ0n) is 9.57. The van der Waals surface area contributed by atoms with Crippen molar-refractivity contribution in [2.24, 2.45) is 0 Å². The van der Waals surface area contributed by atoms with Crippen molar-refractivity contribution in [2.75, 3.05) is 0 Å². The molecule has 0 saturated carbocycles. The number of benzene rings is 1. The van der Waals surface area contributed by atoms with Gasteiger partial charge in [-0.1, -0.05) is 15.9 Å². The zero-order valence-corrected chi connectivity index (χ0v) is 12.0. The predicted molar refractivity (Wildman–Crippen MR) is 76.4 cm³/mol. The molecule has 18 heavy (non-hydrogen) atoms. The number of halogens is 1. The van der Waals surface area contributed by atoms with Gasteiger partial charge in [0.2, 0.25) is 5.78 Å². The van der Waals surface area contributed by atoms with E-state index in [0.29, 0.717) is 11.3 Å². The van der Waals surface area contributed by atoms with Gasteiger partial charge in [0.15, 0.2) is 5.76 Å². The molecule has 0 aliphatic carbocycles. The van der Waals surface area contributed by atoms with Gasteiger partial charge in [0.1, 0.15) is 5.58 Å². The number of hydrogen-bond donors (Lipinski definition) is 0. The average Bonchev–Trinajstić information content (AvgIpc) is 2.97. The average molecular weight is 321 g/mol. The predicted octanol–water partition coefficient (Wildman–Crippen LogP) is 4.80. The molecule has 2 aromatic heterocycles. The molecule has 0 saturated heterocycles. The summed E-state index contributed by atoms with van der Waals surface area (Å²) in [5, 5.41) is 4.71. The van der Waals surface area contributed by atoms with Gasteiger partial charge in [-0.2, -0.15) is 11.3 Å². The van der Waals surface area contributed by atoms with Crippen molar-refractivity contribution in [1.29, 1.82) is 0 Å². The van der Waals surface area contributed by atoms with E-state index in [-0.39, 0.29) is 5.78 Å². The Morgan fingerprint density at radius 1 is 1.33 bits per heavy atom. The van der Waals surface area contributed by atoms with Gasteiger partial charge in [-0.15, -0.1) is 0 Å². The van der Waals surface area contributed by atoms with E-state index in [4.69, 9.17) is 4.42 Å². The molecule has 0 N–H and O–H groups in total. The zero-order chi connectivity index (χ0) is 12.7. The van der Waals surface area contributed by atoms with Crippen LogP contribution in [0.15, 0.2) is 43.9 Å². The lowest BCUT2D eigenvalue weighted by atomic mass is 10.1. The van der Waals surface area contributed by atoms with E-state index in [9.17, 15) is 4.79 Å². The van der Waals surface area contributed by atoms with Crippen molar-refractivity contribution in [2.45, 2.75) is 6.92 Å². The highest BCUT2D eigenvalue weighted by atomic mass is 79.9. The second kappa shape index (κ2) is 4.37. The molecule has 2 heterocycles. The summed E-state index contributed by atoms with van der Waals surface area (Å²) in [4.78, 5) is 12.3. The Morgan fingerprint density at radius 3 is 2.89 bits per heavy atom. The summed E-state index contributed by atoms with van der Waals surface area (Å²) in [6.45, 7) is 1.92. The van der Waals surface area contributed by atoms with E-state index in [0.717, 1.165) is 21.0 Å². The molecule has 0 unspecified atom stereocenters. The van der Waals surface area contributed by atoms with E-state index in [1.54, 1.807) is 0 Å². The molecule has 0 aliphatic rings. The van der Waals surface area contributed by atoms with Crippen molar-refractivity contribution < 1.29 is 9.21 Å². The number of thiophene rings is 1. The number of carbonyl (C=O) groups excluding carboxylic acids is 1. The summed E-state index contributed by atoms with van der Waals surface area (Å²) in [5.74, 6) is 0.377. The van der Waals surface area contributed by atoms with E-state index in [2.05, 4.69) is 15.9 Å². The van der Waals surface area contributed by atoms with E-state index >= 15 is 0 Å². The van der Waals surface area contributed by atoms with Crippen LogP contribution < -0.4 is 0 Å². The second-order valence-electron chi connectivity index (χ2n) is 4.04. The maximum Gasteiger partial charge on any atom is 0.229 e. The van der Waals surface area contributed by atoms with Crippen LogP contribution in [0.1, 0.15) is 21.7 Å². The molecular weight excluding hydrogens is 312 g/mol. The largest absolute Gasteiger partial charge is 0.452 e. The Bertz CT molecular complexity index is 726. The van der Waals surface area contributed by atoms with E-state index in [1.165, 1.54) is 11.3 Å². The Balaban J connectivity index is 2.18. The van der Waals surface area contributed by atoms with Gasteiger partial charge in [-0.05, 0) is 36.6 Å². The third kappa shape index (κ3) is 1.82. The molecule has 0 atom stereocenters. The van der Waals surface area contributed by atoms with Crippen molar-refractivity contribution in [3.63, 3.8) is 0 Å². The van der Waals surface area contributed by atoms with Crippen molar-refractivity contribution >= 4 is 44.0 Å². The molecular formula is C14H9BrO2S. The Morgan fingerprint density at radius 2 is 2.17 bits per heavy atom. The minimum Gasteiger partial charge on any atom is -0.452 e. The lowest BCUT2D eigenvalue weighted by molar-refractivity contribution is 0.101. The summed E-state index contributed by atoms with van der Waals surface area (Å²) >= 11 is 4.91. The van der Waals surface area contributed by atoms with Crippen molar-refractivity contribution in [3.05, 3.63) is 56.4 Å². The molecule has 2 nitrogen and oxygen atoms in total. The summed E-state index contributed by atoms with van der Waals surface area (Å²) in [6, 6.07) is 7.61. The Labute approximate surface area is 116 Å². The summed E-state index contributed by atoms with van der Waals surface area (Å²) in [6.07, 6.45) is 0. The van der Waals surface area contributed by atoms with Gasteiger partial charge in [-0.25, -0.2) is 0 Å². The van der Waals surface area contributed by atoms with Gasteiger partial charge >= 0.3 is 0 Å². The smallest absolute Gasteiger partial charge is 0.229 e. The molecule has 4 heteroatoms. The molecule has 3 rings (SSSR count). The minimum atomic E-state index is -0.0546. The highest BCUT2D eigenvalue weighted by Gasteiger charge is 2.19.